The molecule has 1 saturated carbocycles. The van der Waals surface area contributed by atoms with Crippen LogP contribution in [-0.2, 0) is 0 Å². The Kier molecular flexibility index (Phi) is 6.26. The van der Waals surface area contributed by atoms with Gasteiger partial charge in [0.15, 0.2) is 0 Å². The van der Waals surface area contributed by atoms with E-state index in [9.17, 15) is 0 Å². The van der Waals surface area contributed by atoms with Crippen LogP contribution < -0.4 is 5.32 Å². The Labute approximate surface area is 95.4 Å². The average Bonchev–Trinajstić information content (AvgIpc) is 3.07. The smallest absolute Gasteiger partial charge is 0.00763 e. The molecule has 0 aromatic heterocycles. The maximum absolute atomic E-state index is 3.46. The normalized spacial score (nSPS) is 18.4. The van der Waals surface area contributed by atoms with E-state index in [1.165, 1.54) is 51.7 Å². The van der Waals surface area contributed by atoms with Gasteiger partial charge in [-0.05, 0) is 51.9 Å². The second kappa shape index (κ2) is 7.24. The third-order valence-corrected chi connectivity index (χ3v) is 3.72. The Bertz CT molecular complexity index is 151. The zero-order valence-corrected chi connectivity index (χ0v) is 10.8. The van der Waals surface area contributed by atoms with Crippen molar-refractivity contribution >= 4 is 0 Å². The van der Waals surface area contributed by atoms with E-state index in [0.717, 1.165) is 12.0 Å². The van der Waals surface area contributed by atoms with E-state index < -0.39 is 0 Å². The van der Waals surface area contributed by atoms with E-state index in [-0.39, 0.29) is 0 Å². The molecular weight excluding hydrogens is 184 g/mol. The molecule has 0 bridgehead atoms. The van der Waals surface area contributed by atoms with E-state index in [2.05, 4.69) is 31.1 Å². The van der Waals surface area contributed by atoms with Crippen molar-refractivity contribution in [3.63, 3.8) is 0 Å². The molecule has 1 aliphatic carbocycles. The maximum Gasteiger partial charge on any atom is 0.00763 e. The third kappa shape index (κ3) is 5.53. The number of nitrogens with one attached hydrogen (secondary N) is 1. The predicted octanol–water partition coefficient (Wildman–Crippen LogP) is 2.50. The van der Waals surface area contributed by atoms with Crippen LogP contribution in [0.4, 0.5) is 0 Å². The maximum atomic E-state index is 3.46. The minimum Gasteiger partial charge on any atom is -0.317 e. The zero-order valence-electron chi connectivity index (χ0n) is 10.8. The van der Waals surface area contributed by atoms with Gasteiger partial charge in [0.2, 0.25) is 0 Å². The first kappa shape index (κ1) is 13.0. The monoisotopic (exact) mass is 212 g/mol. The van der Waals surface area contributed by atoms with E-state index in [0.29, 0.717) is 0 Å². The highest BCUT2D eigenvalue weighted by Gasteiger charge is 2.22. The molecule has 0 aromatic carbocycles. The molecule has 1 atom stereocenters. The van der Waals surface area contributed by atoms with Gasteiger partial charge in [-0.1, -0.05) is 26.7 Å². The van der Waals surface area contributed by atoms with Crippen molar-refractivity contribution < 1.29 is 0 Å². The Hall–Kier alpha value is -0.0800. The second-order valence-electron chi connectivity index (χ2n) is 4.82. The van der Waals surface area contributed by atoms with Crippen LogP contribution in [0.5, 0.6) is 0 Å². The summed E-state index contributed by atoms with van der Waals surface area (Å²) < 4.78 is 0. The molecule has 90 valence electrons. The van der Waals surface area contributed by atoms with Gasteiger partial charge < -0.3 is 10.2 Å². The van der Waals surface area contributed by atoms with Crippen molar-refractivity contribution in [1.29, 1.82) is 0 Å². The quantitative estimate of drug-likeness (QED) is 0.632. The van der Waals surface area contributed by atoms with Gasteiger partial charge in [-0.25, -0.2) is 0 Å². The third-order valence-electron chi connectivity index (χ3n) is 3.72. The molecule has 1 unspecified atom stereocenters. The summed E-state index contributed by atoms with van der Waals surface area (Å²) in [4.78, 5) is 2.52. The molecule has 15 heavy (non-hydrogen) atoms. The summed E-state index contributed by atoms with van der Waals surface area (Å²) in [5.41, 5.74) is 0. The standard InChI is InChI=1S/C13H28N2/c1-4-15(5-2)11-10-13(14-3)9-8-12-6-7-12/h12-14H,4-11H2,1-3H3. The fourth-order valence-electron chi connectivity index (χ4n) is 2.15. The lowest BCUT2D eigenvalue weighted by atomic mass is 10.1. The Morgan fingerprint density at radius 2 is 1.87 bits per heavy atom. The SMILES string of the molecule is CCN(CC)CCC(CCC1CC1)NC. The molecule has 2 heteroatoms. The highest BCUT2D eigenvalue weighted by molar-refractivity contribution is 4.76. The van der Waals surface area contributed by atoms with Crippen LogP contribution in [0, 0.1) is 5.92 Å². The van der Waals surface area contributed by atoms with Gasteiger partial charge >= 0.3 is 0 Å². The molecule has 1 aliphatic rings. The molecule has 2 nitrogen and oxygen atoms in total. The van der Waals surface area contributed by atoms with Crippen LogP contribution in [0.1, 0.15) is 46.0 Å². The predicted molar refractivity (Wildman–Crippen MR) is 67.2 cm³/mol. The van der Waals surface area contributed by atoms with Crippen molar-refractivity contribution in [1.82, 2.24) is 10.2 Å². The van der Waals surface area contributed by atoms with E-state index >= 15 is 0 Å². The van der Waals surface area contributed by atoms with Gasteiger partial charge in [0.25, 0.3) is 0 Å². The highest BCUT2D eigenvalue weighted by Crippen LogP contribution is 2.34. The number of nitrogens with zero attached hydrogens (tertiary/aromatic N) is 1. The van der Waals surface area contributed by atoms with Gasteiger partial charge in [-0.2, -0.15) is 0 Å². The van der Waals surface area contributed by atoms with Crippen LogP contribution in [0.3, 0.4) is 0 Å². The lowest BCUT2D eigenvalue weighted by Crippen LogP contribution is -2.32. The molecule has 1 rings (SSSR count). The lowest BCUT2D eigenvalue weighted by molar-refractivity contribution is 0.278. The summed E-state index contributed by atoms with van der Waals surface area (Å²) in [6.45, 7) is 8.14. The van der Waals surface area contributed by atoms with Crippen LogP contribution in [0.15, 0.2) is 0 Å². The highest BCUT2D eigenvalue weighted by atomic mass is 15.1. The van der Waals surface area contributed by atoms with E-state index in [1.54, 1.807) is 0 Å². The Morgan fingerprint density at radius 3 is 2.33 bits per heavy atom. The minimum atomic E-state index is 0.742. The van der Waals surface area contributed by atoms with E-state index in [4.69, 9.17) is 0 Å². The van der Waals surface area contributed by atoms with Crippen molar-refractivity contribution in [2.24, 2.45) is 5.92 Å². The van der Waals surface area contributed by atoms with Crippen LogP contribution in [-0.4, -0.2) is 37.6 Å². The molecule has 0 aliphatic heterocycles. The summed E-state index contributed by atoms with van der Waals surface area (Å²) in [6, 6.07) is 0.742. The minimum absolute atomic E-state index is 0.742. The molecule has 0 amide bonds. The molecule has 0 heterocycles. The summed E-state index contributed by atoms with van der Waals surface area (Å²) in [5.74, 6) is 1.08. The molecule has 0 spiro atoms. The topological polar surface area (TPSA) is 15.3 Å². The van der Waals surface area contributed by atoms with Gasteiger partial charge in [-0.15, -0.1) is 0 Å². The summed E-state index contributed by atoms with van der Waals surface area (Å²) in [7, 11) is 2.11. The lowest BCUT2D eigenvalue weighted by Gasteiger charge is -2.22. The fraction of sp³-hybridized carbons (Fsp3) is 1.00. The zero-order chi connectivity index (χ0) is 11.1. The first-order valence-electron chi connectivity index (χ1n) is 6.69. The molecule has 0 saturated heterocycles. The van der Waals surface area contributed by atoms with Gasteiger partial charge in [-0.3, -0.25) is 0 Å². The molecule has 0 aromatic rings. The van der Waals surface area contributed by atoms with Crippen LogP contribution in [0.2, 0.25) is 0 Å². The molecular formula is C13H28N2. The number of rotatable bonds is 9. The van der Waals surface area contributed by atoms with Crippen LogP contribution in [0.25, 0.3) is 0 Å². The molecule has 1 N–H and O–H groups in total. The number of hydrogen-bond donors (Lipinski definition) is 1. The van der Waals surface area contributed by atoms with Gasteiger partial charge in [0.05, 0.1) is 0 Å². The average molecular weight is 212 g/mol. The van der Waals surface area contributed by atoms with Crippen molar-refractivity contribution in [3.8, 4) is 0 Å². The van der Waals surface area contributed by atoms with Crippen molar-refractivity contribution in [2.75, 3.05) is 26.7 Å². The van der Waals surface area contributed by atoms with Gasteiger partial charge in [0.1, 0.15) is 0 Å². The largest absolute Gasteiger partial charge is 0.317 e. The molecule has 0 radical (unpaired) electrons. The van der Waals surface area contributed by atoms with Crippen molar-refractivity contribution in [3.05, 3.63) is 0 Å². The first-order chi connectivity index (χ1) is 7.30. The fourth-order valence-corrected chi connectivity index (χ4v) is 2.15. The van der Waals surface area contributed by atoms with Crippen LogP contribution >= 0.6 is 0 Å². The summed E-state index contributed by atoms with van der Waals surface area (Å²) >= 11 is 0. The molecule has 1 fully saturated rings. The number of hydrogen-bond acceptors (Lipinski definition) is 2. The van der Waals surface area contributed by atoms with E-state index in [1.807, 2.05) is 0 Å². The van der Waals surface area contributed by atoms with Gasteiger partial charge in [0, 0.05) is 6.04 Å². The first-order valence-corrected chi connectivity index (χ1v) is 6.69. The van der Waals surface area contributed by atoms with Crippen molar-refractivity contribution in [2.45, 2.75) is 52.0 Å². The summed E-state index contributed by atoms with van der Waals surface area (Å²) in [6.07, 6.45) is 7.12. The summed E-state index contributed by atoms with van der Waals surface area (Å²) in [5, 5.41) is 3.46. The Morgan fingerprint density at radius 1 is 1.20 bits per heavy atom. The second-order valence-corrected chi connectivity index (χ2v) is 4.82. The Balaban J connectivity index is 2.08.